The summed E-state index contributed by atoms with van der Waals surface area (Å²) in [6, 6.07) is 20.5. The van der Waals surface area contributed by atoms with Crippen molar-refractivity contribution < 1.29 is 23.8 Å². The van der Waals surface area contributed by atoms with Crippen molar-refractivity contribution in [3.05, 3.63) is 92.8 Å². The number of nitrogens with zero attached hydrogens (tertiary/aromatic N) is 2. The standard InChI is InChI=1S/C30H29BrN2O5S/c1-4-33-28(34)26(39-30(33)32-23-14-10-13-22(18-23)29(35)37-6-3)17-21-15-24(31)27(25(16-21)36-5-2)38-19-20-11-8-7-9-12-20/h7-18H,4-6,19H2,1-3H3. The number of ether oxygens (including phenoxy) is 3. The summed E-state index contributed by atoms with van der Waals surface area (Å²) in [5.41, 5.74) is 2.81. The number of carbonyl (C=O) groups excluding carboxylic acids is 2. The van der Waals surface area contributed by atoms with Gasteiger partial charge in [-0.1, -0.05) is 36.4 Å². The highest BCUT2D eigenvalue weighted by Crippen LogP contribution is 2.40. The molecule has 202 valence electrons. The van der Waals surface area contributed by atoms with Crippen LogP contribution in [0.25, 0.3) is 6.08 Å². The average molecular weight is 610 g/mol. The van der Waals surface area contributed by atoms with Crippen LogP contribution in [-0.2, 0) is 16.1 Å². The average Bonchev–Trinajstić information content (AvgIpc) is 3.22. The lowest BCUT2D eigenvalue weighted by molar-refractivity contribution is -0.122. The van der Waals surface area contributed by atoms with Gasteiger partial charge in [0.25, 0.3) is 5.91 Å². The minimum absolute atomic E-state index is 0.138. The first kappa shape index (κ1) is 28.4. The molecule has 0 aliphatic carbocycles. The van der Waals surface area contributed by atoms with Crippen LogP contribution in [-0.4, -0.2) is 41.7 Å². The number of rotatable bonds is 10. The monoisotopic (exact) mass is 608 g/mol. The fourth-order valence-electron chi connectivity index (χ4n) is 3.85. The van der Waals surface area contributed by atoms with Crippen molar-refractivity contribution in [1.82, 2.24) is 4.90 Å². The maximum atomic E-state index is 13.2. The summed E-state index contributed by atoms with van der Waals surface area (Å²) in [6.07, 6.45) is 1.82. The Morgan fingerprint density at radius 2 is 1.79 bits per heavy atom. The van der Waals surface area contributed by atoms with Crippen LogP contribution >= 0.6 is 27.7 Å². The Kier molecular flexibility index (Phi) is 9.84. The van der Waals surface area contributed by atoms with Crippen molar-refractivity contribution in [2.75, 3.05) is 19.8 Å². The van der Waals surface area contributed by atoms with Gasteiger partial charge in [0.2, 0.25) is 0 Å². The minimum atomic E-state index is -0.408. The molecule has 1 heterocycles. The van der Waals surface area contributed by atoms with Gasteiger partial charge in [-0.05, 0) is 96.0 Å². The van der Waals surface area contributed by atoms with E-state index >= 15 is 0 Å². The Labute approximate surface area is 241 Å². The Balaban J connectivity index is 1.60. The minimum Gasteiger partial charge on any atom is -0.490 e. The van der Waals surface area contributed by atoms with Crippen LogP contribution in [0, 0.1) is 0 Å². The van der Waals surface area contributed by atoms with E-state index in [4.69, 9.17) is 14.2 Å². The second-order valence-electron chi connectivity index (χ2n) is 8.36. The van der Waals surface area contributed by atoms with Crippen LogP contribution in [0.4, 0.5) is 5.69 Å². The molecule has 1 fully saturated rings. The van der Waals surface area contributed by atoms with Gasteiger partial charge in [-0.2, -0.15) is 0 Å². The SMILES string of the molecule is CCOC(=O)c1cccc(N=C2SC(=Cc3cc(Br)c(OCc4ccccc4)c(OCC)c3)C(=O)N2CC)c1. The van der Waals surface area contributed by atoms with Crippen LogP contribution in [0.15, 0.2) is 81.1 Å². The molecule has 1 aliphatic rings. The molecule has 0 saturated carbocycles. The number of benzene rings is 3. The van der Waals surface area contributed by atoms with Gasteiger partial charge in [-0.25, -0.2) is 9.79 Å². The van der Waals surface area contributed by atoms with Crippen molar-refractivity contribution in [1.29, 1.82) is 0 Å². The summed E-state index contributed by atoms with van der Waals surface area (Å²) < 4.78 is 17.8. The number of carbonyl (C=O) groups is 2. The zero-order valence-electron chi connectivity index (χ0n) is 22.0. The van der Waals surface area contributed by atoms with Gasteiger partial charge in [-0.15, -0.1) is 0 Å². The summed E-state index contributed by atoms with van der Waals surface area (Å²) in [7, 11) is 0. The number of aliphatic imine (C=N–C) groups is 1. The lowest BCUT2D eigenvalue weighted by Crippen LogP contribution is -2.28. The molecule has 7 nitrogen and oxygen atoms in total. The third kappa shape index (κ3) is 7.10. The first-order chi connectivity index (χ1) is 18.9. The quantitative estimate of drug-likeness (QED) is 0.178. The third-order valence-electron chi connectivity index (χ3n) is 5.64. The molecule has 4 rings (SSSR count). The summed E-state index contributed by atoms with van der Waals surface area (Å²) >= 11 is 4.91. The van der Waals surface area contributed by atoms with E-state index in [2.05, 4.69) is 20.9 Å². The molecule has 39 heavy (non-hydrogen) atoms. The number of thioether (sulfide) groups is 1. The van der Waals surface area contributed by atoms with Gasteiger partial charge in [0.15, 0.2) is 16.7 Å². The summed E-state index contributed by atoms with van der Waals surface area (Å²) in [6.45, 7) is 7.19. The Morgan fingerprint density at radius 1 is 1.00 bits per heavy atom. The van der Waals surface area contributed by atoms with E-state index in [9.17, 15) is 9.59 Å². The molecule has 1 amide bonds. The molecule has 0 spiro atoms. The zero-order chi connectivity index (χ0) is 27.8. The number of hydrogen-bond donors (Lipinski definition) is 0. The smallest absolute Gasteiger partial charge is 0.338 e. The van der Waals surface area contributed by atoms with Crippen molar-refractivity contribution in [2.45, 2.75) is 27.4 Å². The van der Waals surface area contributed by atoms with Gasteiger partial charge in [0.05, 0.1) is 33.8 Å². The van der Waals surface area contributed by atoms with Crippen LogP contribution in [0.2, 0.25) is 0 Å². The lowest BCUT2D eigenvalue weighted by Gasteiger charge is -2.15. The highest BCUT2D eigenvalue weighted by molar-refractivity contribution is 9.10. The highest BCUT2D eigenvalue weighted by atomic mass is 79.9. The maximum absolute atomic E-state index is 13.2. The van der Waals surface area contributed by atoms with E-state index in [1.165, 1.54) is 11.8 Å². The molecule has 3 aromatic carbocycles. The van der Waals surface area contributed by atoms with Gasteiger partial charge in [0, 0.05) is 6.54 Å². The topological polar surface area (TPSA) is 77.4 Å². The molecule has 1 saturated heterocycles. The molecule has 0 unspecified atom stereocenters. The van der Waals surface area contributed by atoms with Crippen molar-refractivity contribution in [2.24, 2.45) is 4.99 Å². The third-order valence-corrected chi connectivity index (χ3v) is 7.24. The van der Waals surface area contributed by atoms with Crippen LogP contribution in [0.3, 0.4) is 0 Å². The second kappa shape index (κ2) is 13.5. The fourth-order valence-corrected chi connectivity index (χ4v) is 5.49. The van der Waals surface area contributed by atoms with Crippen molar-refractivity contribution in [3.63, 3.8) is 0 Å². The molecule has 3 aromatic rings. The number of likely N-dealkylation sites (N-methyl/N-ethyl adjacent to an activating group) is 1. The Hall–Kier alpha value is -3.56. The van der Waals surface area contributed by atoms with E-state index < -0.39 is 5.97 Å². The van der Waals surface area contributed by atoms with Crippen LogP contribution < -0.4 is 9.47 Å². The normalized spacial score (nSPS) is 15.2. The van der Waals surface area contributed by atoms with E-state index in [1.807, 2.05) is 62.4 Å². The van der Waals surface area contributed by atoms with Gasteiger partial charge in [-0.3, -0.25) is 9.69 Å². The number of esters is 1. The molecule has 0 bridgehead atoms. The molecular weight excluding hydrogens is 580 g/mol. The molecule has 0 radical (unpaired) electrons. The summed E-state index contributed by atoms with van der Waals surface area (Å²) in [4.78, 5) is 32.2. The lowest BCUT2D eigenvalue weighted by atomic mass is 10.1. The van der Waals surface area contributed by atoms with Crippen LogP contribution in [0.1, 0.15) is 42.3 Å². The molecule has 0 atom stereocenters. The van der Waals surface area contributed by atoms with Crippen LogP contribution in [0.5, 0.6) is 11.5 Å². The number of halogens is 1. The van der Waals surface area contributed by atoms with E-state index in [1.54, 1.807) is 36.1 Å². The van der Waals surface area contributed by atoms with Gasteiger partial charge >= 0.3 is 5.97 Å². The number of hydrogen-bond acceptors (Lipinski definition) is 7. The Bertz CT molecular complexity index is 1410. The molecule has 1 aliphatic heterocycles. The molecule has 0 aromatic heterocycles. The van der Waals surface area contributed by atoms with Gasteiger partial charge < -0.3 is 14.2 Å². The van der Waals surface area contributed by atoms with E-state index in [-0.39, 0.29) is 5.91 Å². The highest BCUT2D eigenvalue weighted by Gasteiger charge is 2.32. The molecule has 0 N–H and O–H groups in total. The van der Waals surface area contributed by atoms with Crippen molar-refractivity contribution >= 4 is 56.5 Å². The van der Waals surface area contributed by atoms with E-state index in [0.29, 0.717) is 59.2 Å². The first-order valence-electron chi connectivity index (χ1n) is 12.6. The first-order valence-corrected chi connectivity index (χ1v) is 14.2. The van der Waals surface area contributed by atoms with E-state index in [0.717, 1.165) is 15.6 Å². The largest absolute Gasteiger partial charge is 0.490 e. The summed E-state index contributed by atoms with van der Waals surface area (Å²) in [5.74, 6) is 0.644. The van der Waals surface area contributed by atoms with Gasteiger partial charge in [0.1, 0.15) is 6.61 Å². The molecular formula is C30H29BrN2O5S. The fraction of sp³-hybridized carbons (Fsp3) is 0.233. The van der Waals surface area contributed by atoms with Crippen molar-refractivity contribution in [3.8, 4) is 11.5 Å². The predicted octanol–water partition coefficient (Wildman–Crippen LogP) is 7.23. The Morgan fingerprint density at radius 3 is 2.51 bits per heavy atom. The zero-order valence-corrected chi connectivity index (χ0v) is 24.4. The number of amides is 1. The second-order valence-corrected chi connectivity index (χ2v) is 10.2. The molecule has 9 heteroatoms. The summed E-state index contributed by atoms with van der Waals surface area (Å²) in [5, 5.41) is 0.543. The predicted molar refractivity (Wildman–Crippen MR) is 159 cm³/mol. The number of amidine groups is 1. The maximum Gasteiger partial charge on any atom is 0.338 e.